The van der Waals surface area contributed by atoms with E-state index in [1.165, 1.54) is 18.2 Å². The fraction of sp³-hybridized carbons (Fsp3) is 0.538. The van der Waals surface area contributed by atoms with E-state index in [2.05, 4.69) is 4.72 Å². The van der Waals surface area contributed by atoms with E-state index in [-0.39, 0.29) is 12.3 Å². The second kappa shape index (κ2) is 6.43. The Morgan fingerprint density at radius 3 is 2.90 bits per heavy atom. The molecule has 1 saturated heterocycles. The van der Waals surface area contributed by atoms with E-state index < -0.39 is 21.4 Å². The van der Waals surface area contributed by atoms with Gasteiger partial charge in [0.2, 0.25) is 10.0 Å². The third kappa shape index (κ3) is 4.18. The summed E-state index contributed by atoms with van der Waals surface area (Å²) in [5, 5.41) is 0. The first-order valence-corrected chi connectivity index (χ1v) is 9.10. The van der Waals surface area contributed by atoms with E-state index >= 15 is 0 Å². The van der Waals surface area contributed by atoms with Gasteiger partial charge in [-0.05, 0) is 29.9 Å². The number of rotatable bonds is 6. The van der Waals surface area contributed by atoms with Crippen LogP contribution < -0.4 is 4.72 Å². The molecule has 112 valence electrons. The molecule has 1 aliphatic rings. The van der Waals surface area contributed by atoms with Crippen molar-refractivity contribution in [1.82, 2.24) is 4.72 Å². The molecular formula is C13H18FNO3S2. The van der Waals surface area contributed by atoms with Crippen molar-refractivity contribution in [2.45, 2.75) is 17.8 Å². The molecule has 0 amide bonds. The van der Waals surface area contributed by atoms with Gasteiger partial charge in [0.05, 0.1) is 11.4 Å². The van der Waals surface area contributed by atoms with Crippen molar-refractivity contribution in [3.05, 3.63) is 35.6 Å². The maximum atomic E-state index is 13.1. The number of nitrogens with one attached hydrogen (secondary N) is 1. The van der Waals surface area contributed by atoms with Gasteiger partial charge in [-0.15, -0.1) is 0 Å². The van der Waals surface area contributed by atoms with E-state index in [0.717, 1.165) is 17.9 Å². The molecule has 0 spiro atoms. The highest BCUT2D eigenvalue weighted by molar-refractivity contribution is 7.99. The van der Waals surface area contributed by atoms with Crippen LogP contribution in [0.1, 0.15) is 12.0 Å². The second-order valence-electron chi connectivity index (χ2n) is 4.90. The maximum absolute atomic E-state index is 13.1. The molecule has 0 saturated carbocycles. The minimum Gasteiger partial charge on any atom is -0.376 e. The summed E-state index contributed by atoms with van der Waals surface area (Å²) in [4.78, 5) is 0. The van der Waals surface area contributed by atoms with Crippen LogP contribution in [0.4, 0.5) is 4.39 Å². The van der Waals surface area contributed by atoms with Crippen LogP contribution in [-0.2, 0) is 20.5 Å². The molecule has 4 nitrogen and oxygen atoms in total. The van der Waals surface area contributed by atoms with Crippen molar-refractivity contribution in [2.24, 2.45) is 0 Å². The number of hydrogen-bond donors (Lipinski definition) is 1. The minimum atomic E-state index is -3.49. The number of halogens is 1. The molecule has 1 aromatic carbocycles. The Kier molecular flexibility index (Phi) is 5.06. The quantitative estimate of drug-likeness (QED) is 0.868. The monoisotopic (exact) mass is 319 g/mol. The lowest BCUT2D eigenvalue weighted by Gasteiger charge is -2.26. The molecule has 7 heteroatoms. The Bertz CT molecular complexity index is 556. The number of methoxy groups -OCH3 is 1. The van der Waals surface area contributed by atoms with Crippen molar-refractivity contribution in [1.29, 1.82) is 0 Å². The van der Waals surface area contributed by atoms with Crippen LogP contribution in [0.25, 0.3) is 0 Å². The Balaban J connectivity index is 1.97. The molecule has 0 radical (unpaired) electrons. The molecule has 2 rings (SSSR count). The standard InChI is InChI=1S/C13H18FNO3S2/c1-18-13(5-6-19-10-13)9-15-20(16,17)8-11-3-2-4-12(14)7-11/h2-4,7,15H,5-6,8-10H2,1H3. The summed E-state index contributed by atoms with van der Waals surface area (Å²) >= 11 is 1.75. The van der Waals surface area contributed by atoms with Gasteiger partial charge in [-0.2, -0.15) is 11.8 Å². The number of benzene rings is 1. The van der Waals surface area contributed by atoms with Gasteiger partial charge in [-0.3, -0.25) is 0 Å². The summed E-state index contributed by atoms with van der Waals surface area (Å²) in [5.74, 6) is 1.10. The number of hydrogen-bond acceptors (Lipinski definition) is 4. The van der Waals surface area contributed by atoms with E-state index in [1.807, 2.05) is 0 Å². The zero-order valence-electron chi connectivity index (χ0n) is 11.3. The SMILES string of the molecule is COC1(CNS(=O)(=O)Cc2cccc(F)c2)CCSC1. The molecule has 0 aliphatic carbocycles. The van der Waals surface area contributed by atoms with Gasteiger partial charge in [0.25, 0.3) is 0 Å². The zero-order chi connectivity index (χ0) is 14.6. The molecule has 1 aromatic rings. The summed E-state index contributed by atoms with van der Waals surface area (Å²) in [5.41, 5.74) is 0.0180. The highest BCUT2D eigenvalue weighted by Gasteiger charge is 2.35. The molecule has 1 N–H and O–H groups in total. The largest absolute Gasteiger partial charge is 0.376 e. The maximum Gasteiger partial charge on any atom is 0.215 e. The van der Waals surface area contributed by atoms with Gasteiger partial charge in [0.15, 0.2) is 0 Å². The summed E-state index contributed by atoms with van der Waals surface area (Å²) in [6.07, 6.45) is 0.830. The molecule has 1 heterocycles. The fourth-order valence-electron chi connectivity index (χ4n) is 2.10. The van der Waals surface area contributed by atoms with Crippen molar-refractivity contribution in [2.75, 3.05) is 25.2 Å². The van der Waals surface area contributed by atoms with Gasteiger partial charge in [-0.25, -0.2) is 17.5 Å². The number of ether oxygens (including phenoxy) is 1. The summed E-state index contributed by atoms with van der Waals surface area (Å²) in [6, 6.07) is 5.63. The third-order valence-corrected chi connectivity index (χ3v) is 5.88. The average Bonchev–Trinajstić information content (AvgIpc) is 2.86. The van der Waals surface area contributed by atoms with Crippen LogP contribution >= 0.6 is 11.8 Å². The van der Waals surface area contributed by atoms with Crippen molar-refractivity contribution in [3.63, 3.8) is 0 Å². The predicted molar refractivity (Wildman–Crippen MR) is 78.7 cm³/mol. The van der Waals surface area contributed by atoms with Gasteiger partial charge in [0, 0.05) is 19.4 Å². The van der Waals surface area contributed by atoms with Gasteiger partial charge in [0.1, 0.15) is 5.82 Å². The summed E-state index contributed by atoms with van der Waals surface area (Å²) in [7, 11) is -1.89. The lowest BCUT2D eigenvalue weighted by atomic mass is 10.0. The molecule has 1 atom stereocenters. The van der Waals surface area contributed by atoms with Crippen LogP contribution in [0, 0.1) is 5.82 Å². The van der Waals surface area contributed by atoms with E-state index in [4.69, 9.17) is 4.74 Å². The molecule has 1 aliphatic heterocycles. The van der Waals surface area contributed by atoms with Crippen molar-refractivity contribution >= 4 is 21.8 Å². The summed E-state index contributed by atoms with van der Waals surface area (Å²) < 4.78 is 45.1. The van der Waals surface area contributed by atoms with E-state index in [9.17, 15) is 12.8 Å². The Morgan fingerprint density at radius 1 is 1.50 bits per heavy atom. The smallest absolute Gasteiger partial charge is 0.215 e. The topological polar surface area (TPSA) is 55.4 Å². The number of thioether (sulfide) groups is 1. The first-order valence-electron chi connectivity index (χ1n) is 6.29. The van der Waals surface area contributed by atoms with E-state index in [1.54, 1.807) is 24.9 Å². The highest BCUT2D eigenvalue weighted by atomic mass is 32.2. The molecule has 20 heavy (non-hydrogen) atoms. The first kappa shape index (κ1) is 15.8. The highest BCUT2D eigenvalue weighted by Crippen LogP contribution is 2.30. The number of sulfonamides is 1. The zero-order valence-corrected chi connectivity index (χ0v) is 12.9. The summed E-state index contributed by atoms with van der Waals surface area (Å²) in [6.45, 7) is 0.258. The Hall–Kier alpha value is -0.630. The van der Waals surface area contributed by atoms with E-state index in [0.29, 0.717) is 5.56 Å². The lowest BCUT2D eigenvalue weighted by Crippen LogP contribution is -2.44. The third-order valence-electron chi connectivity index (χ3n) is 3.36. The van der Waals surface area contributed by atoms with Crippen LogP contribution in [0.2, 0.25) is 0 Å². The molecule has 1 unspecified atom stereocenters. The van der Waals surface area contributed by atoms with Crippen LogP contribution in [0.3, 0.4) is 0 Å². The minimum absolute atomic E-state index is 0.225. The predicted octanol–water partition coefficient (Wildman–Crippen LogP) is 1.77. The molecular weight excluding hydrogens is 301 g/mol. The molecule has 0 bridgehead atoms. The van der Waals surface area contributed by atoms with Gasteiger partial charge < -0.3 is 4.74 Å². The Morgan fingerprint density at radius 2 is 2.30 bits per heavy atom. The Labute approximate surface area is 123 Å². The van der Waals surface area contributed by atoms with Gasteiger partial charge in [-0.1, -0.05) is 12.1 Å². The van der Waals surface area contributed by atoms with Crippen molar-refractivity contribution < 1.29 is 17.5 Å². The van der Waals surface area contributed by atoms with Crippen molar-refractivity contribution in [3.8, 4) is 0 Å². The van der Waals surface area contributed by atoms with Crippen LogP contribution in [0.5, 0.6) is 0 Å². The fourth-order valence-corrected chi connectivity index (χ4v) is 4.70. The first-order chi connectivity index (χ1) is 9.45. The normalized spacial score (nSPS) is 23.1. The second-order valence-corrected chi connectivity index (χ2v) is 7.81. The average molecular weight is 319 g/mol. The molecule has 1 fully saturated rings. The van der Waals surface area contributed by atoms with Crippen LogP contribution in [-0.4, -0.2) is 39.2 Å². The molecule has 0 aromatic heterocycles. The lowest BCUT2D eigenvalue weighted by molar-refractivity contribution is 0.0179. The van der Waals surface area contributed by atoms with Gasteiger partial charge >= 0.3 is 0 Å². The van der Waals surface area contributed by atoms with Crippen LogP contribution in [0.15, 0.2) is 24.3 Å².